The number of hydrogen-bond donors (Lipinski definition) is 1. The molecule has 0 aliphatic carbocycles. The quantitative estimate of drug-likeness (QED) is 0.242. The van der Waals surface area contributed by atoms with Gasteiger partial charge in [0.05, 0.1) is 0 Å². The van der Waals surface area contributed by atoms with Crippen LogP contribution in [0.5, 0.6) is 0 Å². The zero-order chi connectivity index (χ0) is 23.7. The van der Waals surface area contributed by atoms with Crippen LogP contribution in [0.3, 0.4) is 0 Å². The molecule has 2 atom stereocenters. The van der Waals surface area contributed by atoms with Crippen molar-refractivity contribution < 1.29 is 23.9 Å². The summed E-state index contributed by atoms with van der Waals surface area (Å²) in [7, 11) is 0. The molecular formula is C24H27ClINO5. The fourth-order valence-electron chi connectivity index (χ4n) is 2.96. The predicted molar refractivity (Wildman–Crippen MR) is 131 cm³/mol. The van der Waals surface area contributed by atoms with Crippen LogP contribution < -0.4 is 5.32 Å². The van der Waals surface area contributed by atoms with Gasteiger partial charge in [-0.05, 0) is 91.1 Å². The summed E-state index contributed by atoms with van der Waals surface area (Å²) in [5.74, 6) is -0.568. The van der Waals surface area contributed by atoms with Gasteiger partial charge in [-0.15, -0.1) is 0 Å². The number of hydrogen-bond acceptors (Lipinski definition) is 5. The van der Waals surface area contributed by atoms with Gasteiger partial charge in [0.1, 0.15) is 11.6 Å². The molecule has 0 bridgehead atoms. The van der Waals surface area contributed by atoms with Crippen LogP contribution in [-0.4, -0.2) is 29.0 Å². The molecule has 0 fully saturated rings. The molecule has 32 heavy (non-hydrogen) atoms. The van der Waals surface area contributed by atoms with Gasteiger partial charge in [0.15, 0.2) is 6.10 Å². The maximum Gasteiger partial charge on any atom is 0.408 e. The van der Waals surface area contributed by atoms with Crippen LogP contribution in [0.4, 0.5) is 4.79 Å². The van der Waals surface area contributed by atoms with Crippen molar-refractivity contribution in [2.45, 2.75) is 57.8 Å². The van der Waals surface area contributed by atoms with E-state index in [9.17, 15) is 14.4 Å². The van der Waals surface area contributed by atoms with Crippen molar-refractivity contribution >= 4 is 51.5 Å². The first-order valence-electron chi connectivity index (χ1n) is 10.2. The zero-order valence-electron chi connectivity index (χ0n) is 18.3. The van der Waals surface area contributed by atoms with Gasteiger partial charge in [0, 0.05) is 9.99 Å². The molecule has 0 aliphatic rings. The highest BCUT2D eigenvalue weighted by molar-refractivity contribution is 14.1. The lowest BCUT2D eigenvalue weighted by Crippen LogP contribution is -2.43. The van der Waals surface area contributed by atoms with Crippen molar-refractivity contribution in [3.63, 3.8) is 0 Å². The number of nitrogens with one attached hydrogen (secondary N) is 1. The summed E-state index contributed by atoms with van der Waals surface area (Å²) >= 11 is 8.02. The number of benzene rings is 2. The van der Waals surface area contributed by atoms with Crippen molar-refractivity contribution in [3.8, 4) is 0 Å². The fourth-order valence-corrected chi connectivity index (χ4v) is 3.49. The second-order valence-corrected chi connectivity index (χ2v) is 9.85. The third-order valence-electron chi connectivity index (χ3n) is 4.38. The van der Waals surface area contributed by atoms with Gasteiger partial charge in [0.25, 0.3) is 5.24 Å². The lowest BCUT2D eigenvalue weighted by molar-refractivity contribution is -0.154. The molecule has 2 aromatic carbocycles. The van der Waals surface area contributed by atoms with Crippen LogP contribution in [0.2, 0.25) is 0 Å². The van der Waals surface area contributed by atoms with Gasteiger partial charge in [0.2, 0.25) is 0 Å². The fraction of sp³-hybridized carbons (Fsp3) is 0.375. The minimum absolute atomic E-state index is 0.112. The van der Waals surface area contributed by atoms with E-state index < -0.39 is 35.1 Å². The first kappa shape index (κ1) is 26.1. The minimum atomic E-state index is -1.39. The van der Waals surface area contributed by atoms with Gasteiger partial charge in [-0.1, -0.05) is 42.5 Å². The SMILES string of the molecule is CC(C)(C)OC(=O)N[C@@H](c1ccccc1)[C@@H](OC(=O)CCCc1ccc(I)cc1)C(=O)Cl. The second-order valence-electron chi connectivity index (χ2n) is 8.23. The molecular weight excluding hydrogens is 545 g/mol. The van der Waals surface area contributed by atoms with E-state index in [4.69, 9.17) is 21.1 Å². The summed E-state index contributed by atoms with van der Waals surface area (Å²) in [5, 5.41) is 1.73. The van der Waals surface area contributed by atoms with Crippen LogP contribution in [0, 0.1) is 3.57 Å². The number of halogens is 2. The molecule has 0 aromatic heterocycles. The third-order valence-corrected chi connectivity index (χ3v) is 5.31. The Labute approximate surface area is 207 Å². The van der Waals surface area contributed by atoms with Crippen molar-refractivity contribution in [1.29, 1.82) is 0 Å². The lowest BCUT2D eigenvalue weighted by Gasteiger charge is -2.27. The van der Waals surface area contributed by atoms with E-state index in [1.807, 2.05) is 24.3 Å². The summed E-state index contributed by atoms with van der Waals surface area (Å²) in [6.45, 7) is 5.17. The first-order valence-corrected chi connectivity index (χ1v) is 11.7. The number of aryl methyl sites for hydroxylation is 1. The molecule has 0 spiro atoms. The van der Waals surface area contributed by atoms with Crippen LogP contribution in [-0.2, 0) is 25.5 Å². The van der Waals surface area contributed by atoms with E-state index >= 15 is 0 Å². The molecule has 0 aliphatic heterocycles. The lowest BCUT2D eigenvalue weighted by atomic mass is 10.0. The molecule has 2 aromatic rings. The number of ether oxygens (including phenoxy) is 2. The molecule has 0 unspecified atom stereocenters. The van der Waals surface area contributed by atoms with E-state index in [0.29, 0.717) is 18.4 Å². The molecule has 1 N–H and O–H groups in total. The van der Waals surface area contributed by atoms with Crippen molar-refractivity contribution in [2.75, 3.05) is 0 Å². The molecule has 172 valence electrons. The second kappa shape index (κ2) is 12.2. The average molecular weight is 572 g/mol. The number of esters is 1. The number of alkyl carbamates (subject to hydrolysis) is 1. The van der Waals surface area contributed by atoms with Crippen LogP contribution >= 0.6 is 34.2 Å². The van der Waals surface area contributed by atoms with Crippen LogP contribution in [0.15, 0.2) is 54.6 Å². The molecule has 0 saturated heterocycles. The molecule has 6 nitrogen and oxygen atoms in total. The van der Waals surface area contributed by atoms with Gasteiger partial charge < -0.3 is 14.8 Å². The molecule has 2 rings (SSSR count). The Morgan fingerprint density at radius 3 is 2.22 bits per heavy atom. The molecule has 1 amide bonds. The molecule has 0 saturated carbocycles. The summed E-state index contributed by atoms with van der Waals surface area (Å²) in [6, 6.07) is 15.7. The molecule has 8 heteroatoms. The Balaban J connectivity index is 2.08. The summed E-state index contributed by atoms with van der Waals surface area (Å²) < 4.78 is 11.9. The minimum Gasteiger partial charge on any atom is -0.450 e. The average Bonchev–Trinajstić information content (AvgIpc) is 2.71. The van der Waals surface area contributed by atoms with E-state index in [2.05, 4.69) is 27.9 Å². The largest absolute Gasteiger partial charge is 0.450 e. The van der Waals surface area contributed by atoms with Gasteiger partial charge in [-0.25, -0.2) is 4.79 Å². The Kier molecular flexibility index (Phi) is 9.96. The van der Waals surface area contributed by atoms with Gasteiger partial charge >= 0.3 is 12.1 Å². The van der Waals surface area contributed by atoms with E-state index in [0.717, 1.165) is 9.13 Å². The van der Waals surface area contributed by atoms with E-state index in [1.165, 1.54) is 0 Å². The highest BCUT2D eigenvalue weighted by atomic mass is 127. The van der Waals surface area contributed by atoms with Crippen molar-refractivity contribution in [1.82, 2.24) is 5.32 Å². The van der Waals surface area contributed by atoms with Gasteiger partial charge in [-0.2, -0.15) is 0 Å². The maximum absolute atomic E-state index is 12.5. The van der Waals surface area contributed by atoms with Crippen LogP contribution in [0.25, 0.3) is 0 Å². The van der Waals surface area contributed by atoms with Crippen LogP contribution in [0.1, 0.15) is 50.8 Å². The smallest absolute Gasteiger partial charge is 0.408 e. The highest BCUT2D eigenvalue weighted by Crippen LogP contribution is 2.23. The Bertz CT molecular complexity index is 912. The van der Waals surface area contributed by atoms with E-state index in [-0.39, 0.29) is 6.42 Å². The number of carbonyl (C=O) groups excluding carboxylic acids is 3. The summed E-state index contributed by atoms with van der Waals surface area (Å²) in [4.78, 5) is 37.0. The molecule has 0 radical (unpaired) electrons. The van der Waals surface area contributed by atoms with Crippen molar-refractivity contribution in [2.24, 2.45) is 0 Å². The Morgan fingerprint density at radius 2 is 1.66 bits per heavy atom. The normalized spacial score (nSPS) is 13.0. The van der Waals surface area contributed by atoms with Crippen molar-refractivity contribution in [3.05, 3.63) is 69.3 Å². The topological polar surface area (TPSA) is 81.7 Å². The maximum atomic E-state index is 12.5. The zero-order valence-corrected chi connectivity index (χ0v) is 21.2. The Morgan fingerprint density at radius 1 is 1.03 bits per heavy atom. The first-order chi connectivity index (χ1) is 15.0. The number of carbonyl (C=O) groups is 3. The van der Waals surface area contributed by atoms with Gasteiger partial charge in [-0.3, -0.25) is 9.59 Å². The summed E-state index contributed by atoms with van der Waals surface area (Å²) in [5.41, 5.74) is 0.929. The number of amides is 1. The third kappa shape index (κ3) is 9.16. The standard InChI is InChI=1S/C24H27ClINO5/c1-24(2,3)32-23(30)27-20(17-9-5-4-6-10-17)21(22(25)29)31-19(28)11-7-8-16-12-14-18(26)15-13-16/h4-6,9-10,12-15,20-21H,7-8,11H2,1-3H3,(H,27,30)/t20-,21+/m0/s1. The molecule has 0 heterocycles. The monoisotopic (exact) mass is 571 g/mol. The highest BCUT2D eigenvalue weighted by Gasteiger charge is 2.34. The predicted octanol–water partition coefficient (Wildman–Crippen LogP) is 5.56. The summed E-state index contributed by atoms with van der Waals surface area (Å²) in [6.07, 6.45) is -0.774. The number of rotatable bonds is 9. The van der Waals surface area contributed by atoms with E-state index in [1.54, 1.807) is 51.1 Å². The Hall–Kier alpha value is -2.13.